The van der Waals surface area contributed by atoms with Gasteiger partial charge in [-0.15, -0.1) is 5.10 Å². The number of esters is 1. The van der Waals surface area contributed by atoms with E-state index in [0.717, 1.165) is 4.68 Å². The highest BCUT2D eigenvalue weighted by Crippen LogP contribution is 2.17. The Balaban J connectivity index is 1.63. The highest BCUT2D eigenvalue weighted by atomic mass is 19.1. The summed E-state index contributed by atoms with van der Waals surface area (Å²) in [6.07, 6.45) is -0.522. The Kier molecular flexibility index (Phi) is 4.83. The minimum absolute atomic E-state index is 0.0154. The monoisotopic (exact) mass is 341 g/mol. The summed E-state index contributed by atoms with van der Waals surface area (Å²) in [7, 11) is 0. The lowest BCUT2D eigenvalue weighted by atomic mass is 10.1. The Hall–Kier alpha value is -3.09. The van der Waals surface area contributed by atoms with Gasteiger partial charge in [0.2, 0.25) is 0 Å². The van der Waals surface area contributed by atoms with Crippen molar-refractivity contribution in [2.75, 3.05) is 0 Å². The average molecular weight is 341 g/mol. The fourth-order valence-corrected chi connectivity index (χ4v) is 2.42. The van der Waals surface area contributed by atoms with Crippen LogP contribution in [0.25, 0.3) is 10.9 Å². The molecule has 0 saturated carbocycles. The van der Waals surface area contributed by atoms with Crippen molar-refractivity contribution in [2.45, 2.75) is 26.0 Å². The third kappa shape index (κ3) is 3.88. The number of hydrogen-bond acceptors (Lipinski definition) is 5. The molecule has 3 rings (SSSR count). The predicted molar refractivity (Wildman–Crippen MR) is 89.3 cm³/mol. The van der Waals surface area contributed by atoms with E-state index in [1.807, 2.05) is 0 Å². The standard InChI is InChI=1S/C18H16FN3O3/c1-12(13-6-8-14(19)9-7-13)25-17(23)10-11-22-18(24)15-4-2-3-5-16(15)20-21-22/h2-9,12H,10-11H2,1H3. The van der Waals surface area contributed by atoms with Crippen molar-refractivity contribution in [1.29, 1.82) is 0 Å². The molecule has 0 bridgehead atoms. The largest absolute Gasteiger partial charge is 0.458 e. The van der Waals surface area contributed by atoms with Gasteiger partial charge in [-0.05, 0) is 36.8 Å². The number of carbonyl (C=O) groups is 1. The summed E-state index contributed by atoms with van der Waals surface area (Å²) >= 11 is 0. The zero-order valence-corrected chi connectivity index (χ0v) is 13.6. The summed E-state index contributed by atoms with van der Waals surface area (Å²) in [5, 5.41) is 8.24. The molecule has 7 heteroatoms. The molecule has 128 valence electrons. The van der Waals surface area contributed by atoms with Gasteiger partial charge in [0.1, 0.15) is 17.4 Å². The molecule has 0 aliphatic heterocycles. The quantitative estimate of drug-likeness (QED) is 0.667. The minimum Gasteiger partial charge on any atom is -0.458 e. The first-order valence-corrected chi connectivity index (χ1v) is 7.82. The van der Waals surface area contributed by atoms with Gasteiger partial charge in [0, 0.05) is 0 Å². The molecule has 1 aromatic heterocycles. The first-order valence-electron chi connectivity index (χ1n) is 7.82. The lowest BCUT2D eigenvalue weighted by Gasteiger charge is -2.13. The van der Waals surface area contributed by atoms with Gasteiger partial charge in [-0.2, -0.15) is 0 Å². The van der Waals surface area contributed by atoms with E-state index in [4.69, 9.17) is 4.74 Å². The predicted octanol–water partition coefficient (Wildman–Crippen LogP) is 2.63. The van der Waals surface area contributed by atoms with E-state index in [2.05, 4.69) is 10.3 Å². The van der Waals surface area contributed by atoms with Gasteiger partial charge in [-0.3, -0.25) is 9.59 Å². The summed E-state index contributed by atoms with van der Waals surface area (Å²) in [6.45, 7) is 1.78. The molecule has 0 aliphatic carbocycles. The Morgan fingerprint density at radius 2 is 1.92 bits per heavy atom. The molecular weight excluding hydrogens is 325 g/mol. The second-order valence-electron chi connectivity index (χ2n) is 5.57. The van der Waals surface area contributed by atoms with Crippen LogP contribution in [-0.2, 0) is 16.1 Å². The van der Waals surface area contributed by atoms with Crippen molar-refractivity contribution < 1.29 is 13.9 Å². The third-order valence-corrected chi connectivity index (χ3v) is 3.80. The van der Waals surface area contributed by atoms with Gasteiger partial charge < -0.3 is 4.74 Å². The lowest BCUT2D eigenvalue weighted by Crippen LogP contribution is -2.26. The number of fused-ring (bicyclic) bond motifs is 1. The SMILES string of the molecule is CC(OC(=O)CCn1nnc2ccccc2c1=O)c1ccc(F)cc1. The van der Waals surface area contributed by atoms with Crippen LogP contribution in [0.4, 0.5) is 4.39 Å². The number of carbonyl (C=O) groups excluding carboxylic acids is 1. The molecule has 0 amide bonds. The van der Waals surface area contributed by atoms with Crippen molar-refractivity contribution in [1.82, 2.24) is 15.0 Å². The molecule has 0 saturated heterocycles. The smallest absolute Gasteiger partial charge is 0.308 e. The zero-order chi connectivity index (χ0) is 17.8. The van der Waals surface area contributed by atoms with Gasteiger partial charge in [0.25, 0.3) is 5.56 Å². The number of ether oxygens (including phenoxy) is 1. The molecule has 0 N–H and O–H groups in total. The van der Waals surface area contributed by atoms with Crippen LogP contribution in [0.5, 0.6) is 0 Å². The first-order chi connectivity index (χ1) is 12.0. The van der Waals surface area contributed by atoms with Gasteiger partial charge in [0.15, 0.2) is 0 Å². The Morgan fingerprint density at radius 3 is 2.68 bits per heavy atom. The van der Waals surface area contributed by atoms with Gasteiger partial charge >= 0.3 is 5.97 Å². The number of hydrogen-bond donors (Lipinski definition) is 0. The first kappa shape index (κ1) is 16.8. The van der Waals surface area contributed by atoms with E-state index < -0.39 is 12.1 Å². The van der Waals surface area contributed by atoms with Crippen LogP contribution in [0, 0.1) is 5.82 Å². The molecule has 6 nitrogen and oxygen atoms in total. The molecule has 0 fully saturated rings. The van der Waals surface area contributed by atoms with Gasteiger partial charge in [-0.1, -0.05) is 29.5 Å². The van der Waals surface area contributed by atoms with E-state index in [0.29, 0.717) is 16.5 Å². The molecule has 1 atom stereocenters. The number of benzene rings is 2. The number of halogens is 1. The summed E-state index contributed by atoms with van der Waals surface area (Å²) in [5.41, 5.74) is 0.902. The molecule has 25 heavy (non-hydrogen) atoms. The fourth-order valence-electron chi connectivity index (χ4n) is 2.42. The fraction of sp³-hybridized carbons (Fsp3) is 0.222. The Labute approximate surface area is 142 Å². The summed E-state index contributed by atoms with van der Waals surface area (Å²) in [4.78, 5) is 24.3. The summed E-state index contributed by atoms with van der Waals surface area (Å²) in [6, 6.07) is 12.6. The number of aromatic nitrogens is 3. The molecule has 0 radical (unpaired) electrons. The lowest BCUT2D eigenvalue weighted by molar-refractivity contribution is -0.148. The van der Waals surface area contributed by atoms with Crippen molar-refractivity contribution in [2.24, 2.45) is 0 Å². The van der Waals surface area contributed by atoms with Crippen molar-refractivity contribution in [3.8, 4) is 0 Å². The van der Waals surface area contributed by atoms with Crippen molar-refractivity contribution in [3.63, 3.8) is 0 Å². The zero-order valence-electron chi connectivity index (χ0n) is 13.6. The van der Waals surface area contributed by atoms with E-state index >= 15 is 0 Å². The van der Waals surface area contributed by atoms with E-state index in [-0.39, 0.29) is 24.3 Å². The molecule has 0 aliphatic rings. The van der Waals surface area contributed by atoms with Crippen molar-refractivity contribution >= 4 is 16.9 Å². The average Bonchev–Trinajstić information content (AvgIpc) is 2.62. The molecule has 2 aromatic carbocycles. The van der Waals surface area contributed by atoms with Gasteiger partial charge in [-0.25, -0.2) is 9.07 Å². The van der Waals surface area contributed by atoms with E-state index in [9.17, 15) is 14.0 Å². The maximum absolute atomic E-state index is 12.9. The Bertz CT molecular complexity index is 954. The minimum atomic E-state index is -0.507. The van der Waals surface area contributed by atoms with E-state index in [1.165, 1.54) is 12.1 Å². The van der Waals surface area contributed by atoms with Gasteiger partial charge in [0.05, 0.1) is 18.4 Å². The number of nitrogens with zero attached hydrogens (tertiary/aromatic N) is 3. The van der Waals surface area contributed by atoms with Crippen LogP contribution in [-0.4, -0.2) is 21.0 Å². The second kappa shape index (κ2) is 7.21. The molecule has 1 heterocycles. The molecule has 3 aromatic rings. The highest BCUT2D eigenvalue weighted by molar-refractivity contribution is 5.76. The third-order valence-electron chi connectivity index (χ3n) is 3.80. The maximum atomic E-state index is 12.9. The second-order valence-corrected chi connectivity index (χ2v) is 5.57. The topological polar surface area (TPSA) is 74.1 Å². The number of rotatable bonds is 5. The van der Waals surface area contributed by atoms with Crippen LogP contribution in [0.1, 0.15) is 25.0 Å². The van der Waals surface area contributed by atoms with Crippen LogP contribution < -0.4 is 5.56 Å². The van der Waals surface area contributed by atoms with Crippen molar-refractivity contribution in [3.05, 3.63) is 70.3 Å². The normalized spacial score (nSPS) is 12.1. The van der Waals surface area contributed by atoms with Crippen LogP contribution in [0.3, 0.4) is 0 Å². The summed E-state index contributed by atoms with van der Waals surface area (Å²) in [5.74, 6) is -0.824. The molecular formula is C18H16FN3O3. The van der Waals surface area contributed by atoms with E-state index in [1.54, 1.807) is 43.3 Å². The highest BCUT2D eigenvalue weighted by Gasteiger charge is 2.13. The maximum Gasteiger partial charge on any atom is 0.308 e. The van der Waals surface area contributed by atoms with Crippen LogP contribution in [0.2, 0.25) is 0 Å². The molecule has 0 spiro atoms. The molecule has 1 unspecified atom stereocenters. The Morgan fingerprint density at radius 1 is 1.20 bits per heavy atom. The van der Waals surface area contributed by atoms with Crippen LogP contribution >= 0.6 is 0 Å². The number of aryl methyl sites for hydroxylation is 1. The van der Waals surface area contributed by atoms with Crippen LogP contribution in [0.15, 0.2) is 53.3 Å². The summed E-state index contributed by atoms with van der Waals surface area (Å²) < 4.78 is 19.4.